The highest BCUT2D eigenvalue weighted by atomic mass is 16.3. The van der Waals surface area contributed by atoms with Crippen LogP contribution in [0.1, 0.15) is 42.7 Å². The van der Waals surface area contributed by atoms with Gasteiger partial charge >= 0.3 is 0 Å². The molecule has 1 saturated carbocycles. The smallest absolute Gasteiger partial charge is 0.272 e. The van der Waals surface area contributed by atoms with E-state index in [0.717, 1.165) is 24.8 Å². The van der Waals surface area contributed by atoms with Gasteiger partial charge in [0.05, 0.1) is 19.2 Å². The first-order valence-electron chi connectivity index (χ1n) is 9.63. The summed E-state index contributed by atoms with van der Waals surface area (Å²) >= 11 is 0. The summed E-state index contributed by atoms with van der Waals surface area (Å²) in [5.74, 6) is -2.37. The van der Waals surface area contributed by atoms with Crippen LogP contribution in [0.25, 0.3) is 0 Å². The molecule has 3 N–H and O–H groups in total. The van der Waals surface area contributed by atoms with Crippen LogP contribution in [0, 0.1) is 0 Å². The van der Waals surface area contributed by atoms with E-state index in [9.17, 15) is 19.5 Å². The molecule has 4 rings (SSSR count). The number of nitrogens with one attached hydrogen (secondary N) is 2. The topological polar surface area (TPSA) is 113 Å². The number of aromatic nitrogens is 2. The Labute approximate surface area is 167 Å². The van der Waals surface area contributed by atoms with Crippen LogP contribution in [-0.2, 0) is 20.9 Å². The lowest BCUT2D eigenvalue weighted by molar-refractivity contribution is -0.131. The summed E-state index contributed by atoms with van der Waals surface area (Å²) < 4.78 is 1.91. The van der Waals surface area contributed by atoms with Gasteiger partial charge in [-0.3, -0.25) is 19.1 Å². The van der Waals surface area contributed by atoms with E-state index < -0.39 is 29.8 Å². The van der Waals surface area contributed by atoms with Crippen LogP contribution in [0.15, 0.2) is 54.2 Å². The number of hydrogen-bond donors (Lipinski definition) is 3. The fourth-order valence-corrected chi connectivity index (χ4v) is 3.90. The number of allylic oxidation sites excluding steroid dienone is 1. The van der Waals surface area contributed by atoms with Gasteiger partial charge in [0.1, 0.15) is 0 Å². The van der Waals surface area contributed by atoms with E-state index in [0.29, 0.717) is 6.54 Å². The number of carbonyl (C=O) groups excluding carboxylic acids is 3. The van der Waals surface area contributed by atoms with E-state index in [-0.39, 0.29) is 17.7 Å². The Morgan fingerprint density at radius 3 is 2.83 bits per heavy atom. The van der Waals surface area contributed by atoms with E-state index >= 15 is 0 Å². The normalized spacial score (nSPS) is 21.9. The van der Waals surface area contributed by atoms with Crippen LogP contribution in [-0.4, -0.2) is 38.5 Å². The minimum atomic E-state index is -0.742. The Bertz CT molecular complexity index is 980. The van der Waals surface area contributed by atoms with Crippen molar-refractivity contribution in [3.8, 4) is 0 Å². The molecular weight excluding hydrogens is 372 g/mol. The zero-order valence-corrected chi connectivity index (χ0v) is 15.8. The van der Waals surface area contributed by atoms with Crippen molar-refractivity contribution in [2.75, 3.05) is 0 Å². The first-order chi connectivity index (χ1) is 14.0. The molecule has 2 aliphatic rings. The molecule has 1 aromatic carbocycles. The van der Waals surface area contributed by atoms with Gasteiger partial charge in [-0.25, -0.2) is 0 Å². The number of carbonyl (C=O) groups is 3. The third-order valence-electron chi connectivity index (χ3n) is 5.39. The van der Waals surface area contributed by atoms with Gasteiger partial charge < -0.3 is 15.7 Å². The molecule has 2 aromatic rings. The van der Waals surface area contributed by atoms with Gasteiger partial charge in [0.25, 0.3) is 5.91 Å². The van der Waals surface area contributed by atoms with Crippen molar-refractivity contribution in [3.05, 3.63) is 65.3 Å². The molecular formula is C21H22N4O4. The lowest BCUT2D eigenvalue weighted by atomic mass is 10.0. The number of Topliss-reactive ketones (excluding diaryl/α,β-unsaturated/α-hetero) is 1. The Balaban J connectivity index is 1.36. The lowest BCUT2D eigenvalue weighted by Crippen LogP contribution is -2.43. The molecule has 1 aliphatic carbocycles. The summed E-state index contributed by atoms with van der Waals surface area (Å²) in [5.41, 5.74) is 1.95. The Kier molecular flexibility index (Phi) is 5.16. The largest absolute Gasteiger partial charge is 0.503 e. The van der Waals surface area contributed by atoms with E-state index in [2.05, 4.69) is 27.9 Å². The molecule has 0 spiro atoms. The third-order valence-corrected chi connectivity index (χ3v) is 5.39. The van der Waals surface area contributed by atoms with Crippen LogP contribution >= 0.6 is 0 Å². The molecule has 8 nitrogen and oxygen atoms in total. The molecule has 2 amide bonds. The van der Waals surface area contributed by atoms with Gasteiger partial charge in [-0.1, -0.05) is 30.3 Å². The summed E-state index contributed by atoms with van der Waals surface area (Å²) in [6.45, 7) is 0.703. The van der Waals surface area contributed by atoms with Gasteiger partial charge in [0, 0.05) is 12.2 Å². The number of benzene rings is 1. The molecule has 29 heavy (non-hydrogen) atoms. The fourth-order valence-electron chi connectivity index (χ4n) is 3.90. The number of ketones is 1. The van der Waals surface area contributed by atoms with E-state index in [1.807, 2.05) is 35.3 Å². The quantitative estimate of drug-likeness (QED) is 0.666. The average molecular weight is 394 g/mol. The van der Waals surface area contributed by atoms with Crippen molar-refractivity contribution in [1.82, 2.24) is 20.4 Å². The first-order valence-corrected chi connectivity index (χ1v) is 9.63. The molecule has 2 atom stereocenters. The molecule has 8 heteroatoms. The zero-order chi connectivity index (χ0) is 20.4. The van der Waals surface area contributed by atoms with Gasteiger partial charge in [0.2, 0.25) is 11.7 Å². The number of amides is 2. The predicted molar refractivity (Wildman–Crippen MR) is 104 cm³/mol. The summed E-state index contributed by atoms with van der Waals surface area (Å²) in [6, 6.07) is 10.00. The Hall–Kier alpha value is -3.42. The molecule has 2 heterocycles. The van der Waals surface area contributed by atoms with Crippen LogP contribution in [0.3, 0.4) is 0 Å². The summed E-state index contributed by atoms with van der Waals surface area (Å²) in [5, 5.41) is 19.3. The van der Waals surface area contributed by atoms with Gasteiger partial charge in [-0.05, 0) is 36.3 Å². The third kappa shape index (κ3) is 4.21. The molecule has 0 bridgehead atoms. The average Bonchev–Trinajstić information content (AvgIpc) is 3.35. The minimum absolute atomic E-state index is 0.0980. The molecule has 1 aromatic heterocycles. The SMILES string of the molecule is O=C1CC(=O)C(O)=C(C(=O)NC2CCC(c3cnn(Cc4ccccc4)c3)C2)N1. The first kappa shape index (κ1) is 18.9. The Morgan fingerprint density at radius 1 is 1.24 bits per heavy atom. The van der Waals surface area contributed by atoms with Crippen LogP contribution in [0.5, 0.6) is 0 Å². The molecule has 0 saturated heterocycles. The molecule has 0 radical (unpaired) electrons. The molecule has 1 aliphatic heterocycles. The highest BCUT2D eigenvalue weighted by Gasteiger charge is 2.33. The van der Waals surface area contributed by atoms with Crippen LogP contribution in [0.2, 0.25) is 0 Å². The number of hydrogen-bond acceptors (Lipinski definition) is 5. The monoisotopic (exact) mass is 394 g/mol. The number of aliphatic hydroxyl groups excluding tert-OH is 1. The fraction of sp³-hybridized carbons (Fsp3) is 0.333. The van der Waals surface area contributed by atoms with E-state index in [4.69, 9.17) is 0 Å². The second-order valence-electron chi connectivity index (χ2n) is 7.51. The standard InChI is InChI=1S/C21H22N4O4/c26-17-9-18(27)24-19(20(17)28)21(29)23-16-7-6-14(8-16)15-10-22-25(12-15)11-13-4-2-1-3-5-13/h1-5,10,12,14,16,28H,6-9,11H2,(H,23,29)(H,24,27). The Morgan fingerprint density at radius 2 is 2.03 bits per heavy atom. The predicted octanol–water partition coefficient (Wildman–Crippen LogP) is 1.54. The van der Waals surface area contributed by atoms with Crippen LogP contribution < -0.4 is 10.6 Å². The van der Waals surface area contributed by atoms with Crippen molar-refractivity contribution < 1.29 is 19.5 Å². The second-order valence-corrected chi connectivity index (χ2v) is 7.51. The van der Waals surface area contributed by atoms with Crippen molar-refractivity contribution >= 4 is 17.6 Å². The summed E-state index contributed by atoms with van der Waals surface area (Å²) in [6.07, 6.45) is 5.87. The number of nitrogens with zero attached hydrogens (tertiary/aromatic N) is 2. The highest BCUT2D eigenvalue weighted by molar-refractivity contribution is 6.15. The van der Waals surface area contributed by atoms with Crippen molar-refractivity contribution in [3.63, 3.8) is 0 Å². The molecule has 150 valence electrons. The minimum Gasteiger partial charge on any atom is -0.503 e. The number of rotatable bonds is 5. The maximum absolute atomic E-state index is 12.4. The second kappa shape index (κ2) is 7.90. The number of aliphatic hydroxyl groups is 1. The van der Waals surface area contributed by atoms with Crippen molar-refractivity contribution in [2.24, 2.45) is 0 Å². The van der Waals surface area contributed by atoms with Gasteiger partial charge in [0.15, 0.2) is 11.5 Å². The summed E-state index contributed by atoms with van der Waals surface area (Å²) in [7, 11) is 0. The zero-order valence-electron chi connectivity index (χ0n) is 15.8. The van der Waals surface area contributed by atoms with E-state index in [1.165, 1.54) is 5.56 Å². The molecule has 2 unspecified atom stereocenters. The van der Waals surface area contributed by atoms with Gasteiger partial charge in [-0.15, -0.1) is 0 Å². The van der Waals surface area contributed by atoms with E-state index in [1.54, 1.807) is 0 Å². The highest BCUT2D eigenvalue weighted by Crippen LogP contribution is 2.34. The maximum atomic E-state index is 12.4. The summed E-state index contributed by atoms with van der Waals surface area (Å²) in [4.78, 5) is 35.4. The van der Waals surface area contributed by atoms with Crippen molar-refractivity contribution in [2.45, 2.75) is 44.2 Å². The van der Waals surface area contributed by atoms with Gasteiger partial charge in [-0.2, -0.15) is 5.10 Å². The van der Waals surface area contributed by atoms with Crippen molar-refractivity contribution in [1.29, 1.82) is 0 Å². The molecule has 1 fully saturated rings. The maximum Gasteiger partial charge on any atom is 0.272 e. The lowest BCUT2D eigenvalue weighted by Gasteiger charge is -2.18. The van der Waals surface area contributed by atoms with Crippen LogP contribution in [0.4, 0.5) is 0 Å².